The first-order chi connectivity index (χ1) is 12.2. The van der Waals surface area contributed by atoms with Crippen LogP contribution in [-0.4, -0.2) is 36.2 Å². The molecule has 1 aliphatic heterocycles. The van der Waals surface area contributed by atoms with E-state index in [1.54, 1.807) is 23.8 Å². The van der Waals surface area contributed by atoms with Gasteiger partial charge in [-0.2, -0.15) is 0 Å². The van der Waals surface area contributed by atoms with E-state index in [0.29, 0.717) is 19.5 Å². The Morgan fingerprint density at radius 2 is 1.84 bits per heavy atom. The van der Waals surface area contributed by atoms with E-state index in [1.807, 2.05) is 36.4 Å². The van der Waals surface area contributed by atoms with Crippen molar-refractivity contribution < 1.29 is 9.53 Å². The number of hydrogen-bond donors (Lipinski definition) is 0. The molecule has 0 fully saturated rings. The molecule has 0 saturated heterocycles. The highest BCUT2D eigenvalue weighted by Gasteiger charge is 2.24. The molecule has 0 bridgehead atoms. The number of nitrogens with zero attached hydrogens (tertiary/aromatic N) is 2. The van der Waals surface area contributed by atoms with Crippen molar-refractivity contribution in [1.29, 1.82) is 0 Å². The van der Waals surface area contributed by atoms with E-state index < -0.39 is 0 Å². The van der Waals surface area contributed by atoms with Gasteiger partial charge < -0.3 is 4.74 Å². The summed E-state index contributed by atoms with van der Waals surface area (Å²) in [7, 11) is 1.63. The number of halogens is 1. The van der Waals surface area contributed by atoms with Crippen molar-refractivity contribution >= 4 is 38.8 Å². The largest absolute Gasteiger partial charge is 0.497 e. The number of amidine groups is 1. The Kier molecular flexibility index (Phi) is 6.15. The molecule has 3 rings (SSSR count). The summed E-state index contributed by atoms with van der Waals surface area (Å²) in [4.78, 5) is 18.9. The number of carbonyl (C=O) groups is 1. The quantitative estimate of drug-likeness (QED) is 0.732. The van der Waals surface area contributed by atoms with Crippen molar-refractivity contribution in [3.63, 3.8) is 0 Å². The topological polar surface area (TPSA) is 41.9 Å². The van der Waals surface area contributed by atoms with Crippen molar-refractivity contribution in [3.05, 3.63) is 64.1 Å². The Balaban J connectivity index is 1.58. The lowest BCUT2D eigenvalue weighted by atomic mass is 10.1. The highest BCUT2D eigenvalue weighted by molar-refractivity contribution is 9.10. The van der Waals surface area contributed by atoms with Gasteiger partial charge >= 0.3 is 0 Å². The maximum absolute atomic E-state index is 12.6. The van der Waals surface area contributed by atoms with Crippen LogP contribution < -0.4 is 4.74 Å². The van der Waals surface area contributed by atoms with Crippen molar-refractivity contribution in [2.75, 3.05) is 20.2 Å². The summed E-state index contributed by atoms with van der Waals surface area (Å²) in [5.41, 5.74) is 2.19. The molecule has 0 N–H and O–H groups in total. The van der Waals surface area contributed by atoms with Gasteiger partial charge in [-0.25, -0.2) is 0 Å². The van der Waals surface area contributed by atoms with Crippen molar-refractivity contribution in [1.82, 2.24) is 4.90 Å². The van der Waals surface area contributed by atoms with Crippen LogP contribution in [0.25, 0.3) is 0 Å². The first-order valence-electron chi connectivity index (χ1n) is 8.00. The highest BCUT2D eigenvalue weighted by atomic mass is 79.9. The second-order valence-corrected chi connectivity index (χ2v) is 7.51. The lowest BCUT2D eigenvalue weighted by molar-refractivity contribution is -0.126. The monoisotopic (exact) mass is 418 g/mol. The van der Waals surface area contributed by atoms with Gasteiger partial charge in [0.05, 0.1) is 20.1 Å². The number of carbonyl (C=O) groups excluding carboxylic acids is 1. The maximum atomic E-state index is 12.6. The number of rotatable bonds is 5. The van der Waals surface area contributed by atoms with E-state index >= 15 is 0 Å². The van der Waals surface area contributed by atoms with E-state index in [1.165, 1.54) is 5.56 Å². The van der Waals surface area contributed by atoms with E-state index in [9.17, 15) is 4.79 Å². The molecule has 0 atom stereocenters. The van der Waals surface area contributed by atoms with Gasteiger partial charge in [-0.05, 0) is 35.4 Å². The zero-order valence-corrected chi connectivity index (χ0v) is 16.3. The van der Waals surface area contributed by atoms with Crippen LogP contribution in [0.3, 0.4) is 0 Å². The van der Waals surface area contributed by atoms with Crippen LogP contribution in [0.1, 0.15) is 11.1 Å². The Labute approximate surface area is 160 Å². The number of methoxy groups -OCH3 is 1. The van der Waals surface area contributed by atoms with Gasteiger partial charge in [0.15, 0.2) is 5.17 Å². The maximum Gasteiger partial charge on any atom is 0.233 e. The van der Waals surface area contributed by atoms with Gasteiger partial charge in [0.1, 0.15) is 5.75 Å². The molecule has 0 radical (unpaired) electrons. The molecule has 1 aliphatic rings. The molecule has 1 heterocycles. The molecular weight excluding hydrogens is 400 g/mol. The van der Waals surface area contributed by atoms with E-state index in [-0.39, 0.29) is 5.91 Å². The molecule has 0 spiro atoms. The average molecular weight is 419 g/mol. The summed E-state index contributed by atoms with van der Waals surface area (Å²) in [6.07, 6.45) is 0.377. The van der Waals surface area contributed by atoms with Crippen LogP contribution >= 0.6 is 27.7 Å². The molecule has 4 nitrogen and oxygen atoms in total. The second-order valence-electron chi connectivity index (χ2n) is 5.65. The Hall–Kier alpha value is -1.79. The molecule has 0 aliphatic carbocycles. The minimum Gasteiger partial charge on any atom is -0.497 e. The Morgan fingerprint density at radius 3 is 2.52 bits per heavy atom. The molecule has 130 valence electrons. The van der Waals surface area contributed by atoms with Crippen LogP contribution in [0, 0.1) is 0 Å². The fourth-order valence-corrected chi connectivity index (χ4v) is 3.81. The molecule has 6 heteroatoms. The minimum absolute atomic E-state index is 0.0877. The molecule has 0 aromatic heterocycles. The predicted octanol–water partition coefficient (Wildman–Crippen LogP) is 4.13. The summed E-state index contributed by atoms with van der Waals surface area (Å²) in [5.74, 6) is 1.69. The Bertz CT molecular complexity index is 760. The second kappa shape index (κ2) is 8.54. The smallest absolute Gasteiger partial charge is 0.233 e. The molecule has 0 unspecified atom stereocenters. The normalized spacial score (nSPS) is 13.7. The van der Waals surface area contributed by atoms with Crippen molar-refractivity contribution in [3.8, 4) is 5.75 Å². The minimum atomic E-state index is 0.0877. The van der Waals surface area contributed by atoms with Gasteiger partial charge in [0, 0.05) is 16.8 Å². The number of thioether (sulfide) groups is 1. The summed E-state index contributed by atoms with van der Waals surface area (Å²) in [5, 5.41) is 0.821. The number of hydrogen-bond acceptors (Lipinski definition) is 4. The van der Waals surface area contributed by atoms with E-state index in [2.05, 4.69) is 33.1 Å². The summed E-state index contributed by atoms with van der Waals surface area (Å²) in [6, 6.07) is 15.8. The van der Waals surface area contributed by atoms with Gasteiger partial charge in [-0.1, -0.05) is 52.0 Å². The lowest BCUT2D eigenvalue weighted by Gasteiger charge is -2.18. The summed E-state index contributed by atoms with van der Waals surface area (Å²) >= 11 is 5.06. The standard InChI is InChI=1S/C19H19BrN2O2S/c1-24-17-8-4-14(5-9-17)12-18(23)22-11-10-21-19(22)25-13-15-2-6-16(20)7-3-15/h2-9H,10-13H2,1H3. The number of amides is 1. The third-order valence-electron chi connectivity index (χ3n) is 3.90. The van der Waals surface area contributed by atoms with Crippen LogP contribution in [0.4, 0.5) is 0 Å². The van der Waals surface area contributed by atoms with Crippen molar-refractivity contribution in [2.24, 2.45) is 4.99 Å². The zero-order valence-electron chi connectivity index (χ0n) is 13.9. The third kappa shape index (κ3) is 4.86. The van der Waals surface area contributed by atoms with Crippen LogP contribution in [0.2, 0.25) is 0 Å². The molecule has 2 aromatic rings. The fraction of sp³-hybridized carbons (Fsp3) is 0.263. The molecule has 0 saturated carbocycles. The van der Waals surface area contributed by atoms with Crippen molar-refractivity contribution in [2.45, 2.75) is 12.2 Å². The first kappa shape index (κ1) is 18.0. The molecule has 25 heavy (non-hydrogen) atoms. The summed E-state index contributed by atoms with van der Waals surface area (Å²) < 4.78 is 6.22. The number of benzene rings is 2. The van der Waals surface area contributed by atoms with E-state index in [4.69, 9.17) is 4.74 Å². The van der Waals surface area contributed by atoms with E-state index in [0.717, 1.165) is 26.7 Å². The molecule has 2 aromatic carbocycles. The first-order valence-corrected chi connectivity index (χ1v) is 9.78. The Morgan fingerprint density at radius 1 is 1.16 bits per heavy atom. The molecule has 1 amide bonds. The van der Waals surface area contributed by atoms with Crippen LogP contribution in [0.15, 0.2) is 58.0 Å². The average Bonchev–Trinajstić information content (AvgIpc) is 3.10. The fourth-order valence-electron chi connectivity index (χ4n) is 2.52. The third-order valence-corrected chi connectivity index (χ3v) is 5.51. The van der Waals surface area contributed by atoms with Gasteiger partial charge in [0.2, 0.25) is 5.91 Å². The zero-order chi connectivity index (χ0) is 17.6. The predicted molar refractivity (Wildman–Crippen MR) is 106 cm³/mol. The summed E-state index contributed by atoms with van der Waals surface area (Å²) in [6.45, 7) is 1.34. The number of aliphatic imine (C=N–C) groups is 1. The van der Waals surface area contributed by atoms with Gasteiger partial charge in [0.25, 0.3) is 0 Å². The van der Waals surface area contributed by atoms with Gasteiger partial charge in [-0.3, -0.25) is 14.7 Å². The van der Waals surface area contributed by atoms with Crippen LogP contribution in [-0.2, 0) is 17.0 Å². The lowest BCUT2D eigenvalue weighted by Crippen LogP contribution is -2.34. The highest BCUT2D eigenvalue weighted by Crippen LogP contribution is 2.22. The van der Waals surface area contributed by atoms with Gasteiger partial charge in [-0.15, -0.1) is 0 Å². The number of ether oxygens (including phenoxy) is 1. The SMILES string of the molecule is COc1ccc(CC(=O)N2CCN=C2SCc2ccc(Br)cc2)cc1. The van der Waals surface area contributed by atoms with Crippen LogP contribution in [0.5, 0.6) is 5.75 Å². The molecular formula is C19H19BrN2O2S.